The van der Waals surface area contributed by atoms with Crippen molar-refractivity contribution in [2.24, 2.45) is 7.05 Å². The van der Waals surface area contributed by atoms with Gasteiger partial charge >= 0.3 is 0 Å². The molecule has 1 heterocycles. The molecular weight excluding hydrogens is 162 g/mol. The molecule has 2 unspecified atom stereocenters. The Labute approximate surface area is 79.1 Å². The normalized spacial score (nSPS) is 28.2. The summed E-state index contributed by atoms with van der Waals surface area (Å²) in [5.74, 6) is 0.631. The summed E-state index contributed by atoms with van der Waals surface area (Å²) >= 11 is 0. The molecule has 0 spiro atoms. The van der Waals surface area contributed by atoms with Gasteiger partial charge in [-0.25, -0.2) is 0 Å². The molecule has 72 valence electrons. The van der Waals surface area contributed by atoms with E-state index in [-0.39, 0.29) is 0 Å². The molecule has 1 aliphatic carbocycles. The molecule has 2 rings (SSSR count). The highest BCUT2D eigenvalue weighted by Crippen LogP contribution is 2.33. The number of rotatable bonds is 2. The first-order valence-corrected chi connectivity index (χ1v) is 4.98. The first-order valence-electron chi connectivity index (χ1n) is 4.98. The summed E-state index contributed by atoms with van der Waals surface area (Å²) in [7, 11) is 4.03. The van der Waals surface area contributed by atoms with Crippen molar-refractivity contribution in [3.05, 3.63) is 18.0 Å². The predicted molar refractivity (Wildman–Crippen MR) is 52.6 cm³/mol. The van der Waals surface area contributed by atoms with Gasteiger partial charge in [0.2, 0.25) is 0 Å². The van der Waals surface area contributed by atoms with Crippen molar-refractivity contribution >= 4 is 0 Å². The number of aromatic nitrogens is 2. The van der Waals surface area contributed by atoms with Crippen molar-refractivity contribution in [2.75, 3.05) is 7.05 Å². The van der Waals surface area contributed by atoms with Gasteiger partial charge in [-0.2, -0.15) is 5.10 Å². The minimum Gasteiger partial charge on any atom is -0.316 e. The second-order valence-corrected chi connectivity index (χ2v) is 3.85. The van der Waals surface area contributed by atoms with E-state index in [0.29, 0.717) is 12.0 Å². The lowest BCUT2D eigenvalue weighted by atomic mass is 10.0. The van der Waals surface area contributed by atoms with Crippen LogP contribution in [0, 0.1) is 0 Å². The predicted octanol–water partition coefficient (Wildman–Crippen LogP) is 1.28. The number of hydrogen-bond donors (Lipinski definition) is 1. The Morgan fingerprint density at radius 2 is 2.38 bits per heavy atom. The molecule has 0 aliphatic heterocycles. The lowest BCUT2D eigenvalue weighted by molar-refractivity contribution is 0.508. The summed E-state index contributed by atoms with van der Waals surface area (Å²) in [6.45, 7) is 0. The van der Waals surface area contributed by atoms with Gasteiger partial charge in [-0.3, -0.25) is 4.68 Å². The van der Waals surface area contributed by atoms with E-state index in [1.54, 1.807) is 0 Å². The molecule has 0 amide bonds. The monoisotopic (exact) mass is 179 g/mol. The van der Waals surface area contributed by atoms with E-state index in [0.717, 1.165) is 0 Å². The zero-order chi connectivity index (χ0) is 9.26. The molecule has 1 aliphatic rings. The third kappa shape index (κ3) is 1.61. The molecule has 1 saturated carbocycles. The zero-order valence-corrected chi connectivity index (χ0v) is 8.33. The molecule has 0 saturated heterocycles. The fraction of sp³-hybridized carbons (Fsp3) is 0.700. The Morgan fingerprint density at radius 1 is 1.54 bits per heavy atom. The highest BCUT2D eigenvalue weighted by atomic mass is 15.2. The van der Waals surface area contributed by atoms with Gasteiger partial charge in [0.1, 0.15) is 0 Å². The molecule has 0 radical (unpaired) electrons. The summed E-state index contributed by atoms with van der Waals surface area (Å²) in [6.07, 6.45) is 5.92. The van der Waals surface area contributed by atoms with E-state index in [1.165, 1.54) is 25.0 Å². The fourth-order valence-electron chi connectivity index (χ4n) is 2.29. The third-order valence-corrected chi connectivity index (χ3v) is 3.00. The summed E-state index contributed by atoms with van der Waals surface area (Å²) in [5.41, 5.74) is 1.25. The van der Waals surface area contributed by atoms with E-state index < -0.39 is 0 Å². The van der Waals surface area contributed by atoms with Crippen LogP contribution in [0.3, 0.4) is 0 Å². The van der Waals surface area contributed by atoms with Crippen LogP contribution in [0.5, 0.6) is 0 Å². The maximum absolute atomic E-state index is 4.47. The molecule has 1 aromatic rings. The Kier molecular flexibility index (Phi) is 2.36. The highest BCUT2D eigenvalue weighted by Gasteiger charge is 2.28. The van der Waals surface area contributed by atoms with E-state index in [2.05, 4.69) is 16.5 Å². The fourth-order valence-corrected chi connectivity index (χ4v) is 2.29. The Balaban J connectivity index is 2.15. The van der Waals surface area contributed by atoms with Gasteiger partial charge in [-0.15, -0.1) is 0 Å². The van der Waals surface area contributed by atoms with E-state index in [1.807, 2.05) is 25.0 Å². The number of nitrogens with one attached hydrogen (secondary N) is 1. The van der Waals surface area contributed by atoms with Crippen molar-refractivity contribution in [3.63, 3.8) is 0 Å². The van der Waals surface area contributed by atoms with Crippen LogP contribution in [0.4, 0.5) is 0 Å². The lowest BCUT2D eigenvalue weighted by Gasteiger charge is -2.16. The summed E-state index contributed by atoms with van der Waals surface area (Å²) in [4.78, 5) is 0. The smallest absolute Gasteiger partial charge is 0.0670 e. The molecule has 13 heavy (non-hydrogen) atoms. The first kappa shape index (κ1) is 8.75. The van der Waals surface area contributed by atoms with Crippen LogP contribution in [-0.4, -0.2) is 22.9 Å². The van der Waals surface area contributed by atoms with Crippen molar-refractivity contribution in [1.82, 2.24) is 15.1 Å². The van der Waals surface area contributed by atoms with Crippen molar-refractivity contribution in [2.45, 2.75) is 31.2 Å². The molecule has 0 bridgehead atoms. The molecule has 1 N–H and O–H groups in total. The van der Waals surface area contributed by atoms with Gasteiger partial charge in [-0.05, 0) is 26.0 Å². The van der Waals surface area contributed by atoms with Crippen LogP contribution in [-0.2, 0) is 7.05 Å². The summed E-state index contributed by atoms with van der Waals surface area (Å²) < 4.78 is 1.89. The van der Waals surface area contributed by atoms with E-state index in [4.69, 9.17) is 0 Å². The highest BCUT2D eigenvalue weighted by molar-refractivity contribution is 5.11. The number of aryl methyl sites for hydroxylation is 1. The molecule has 1 fully saturated rings. The standard InChI is InChI=1S/C10H17N3/c1-11-9-5-3-4-8(9)10-6-7-13(2)12-10/h6-9,11H,3-5H2,1-2H3. The second-order valence-electron chi connectivity index (χ2n) is 3.85. The number of hydrogen-bond acceptors (Lipinski definition) is 2. The van der Waals surface area contributed by atoms with Crippen LogP contribution in [0.15, 0.2) is 12.3 Å². The minimum absolute atomic E-state index is 0.631. The Hall–Kier alpha value is -0.830. The molecule has 3 nitrogen and oxygen atoms in total. The lowest BCUT2D eigenvalue weighted by Crippen LogP contribution is -2.27. The third-order valence-electron chi connectivity index (χ3n) is 3.00. The van der Waals surface area contributed by atoms with Crippen molar-refractivity contribution in [1.29, 1.82) is 0 Å². The SMILES string of the molecule is CNC1CCCC1c1ccn(C)n1. The summed E-state index contributed by atoms with van der Waals surface area (Å²) in [5, 5.41) is 7.84. The van der Waals surface area contributed by atoms with Gasteiger partial charge < -0.3 is 5.32 Å². The zero-order valence-electron chi connectivity index (χ0n) is 8.33. The number of nitrogens with zero attached hydrogens (tertiary/aromatic N) is 2. The maximum atomic E-state index is 4.47. The molecule has 3 heteroatoms. The van der Waals surface area contributed by atoms with Gasteiger partial charge in [-0.1, -0.05) is 6.42 Å². The van der Waals surface area contributed by atoms with E-state index in [9.17, 15) is 0 Å². The molecular formula is C10H17N3. The van der Waals surface area contributed by atoms with Gasteiger partial charge in [0.05, 0.1) is 5.69 Å². The minimum atomic E-state index is 0.631. The second kappa shape index (κ2) is 3.50. The maximum Gasteiger partial charge on any atom is 0.0670 e. The number of likely N-dealkylation sites (N-methyl/N-ethyl adjacent to an activating group) is 1. The van der Waals surface area contributed by atoms with Crippen LogP contribution in [0.1, 0.15) is 30.9 Å². The average molecular weight is 179 g/mol. The largest absolute Gasteiger partial charge is 0.316 e. The van der Waals surface area contributed by atoms with E-state index >= 15 is 0 Å². The Bertz CT molecular complexity index is 279. The topological polar surface area (TPSA) is 29.9 Å². The van der Waals surface area contributed by atoms with Gasteiger partial charge in [0.15, 0.2) is 0 Å². The van der Waals surface area contributed by atoms with Crippen LogP contribution >= 0.6 is 0 Å². The quantitative estimate of drug-likeness (QED) is 0.741. The van der Waals surface area contributed by atoms with Crippen molar-refractivity contribution < 1.29 is 0 Å². The van der Waals surface area contributed by atoms with Gasteiger partial charge in [0, 0.05) is 25.2 Å². The van der Waals surface area contributed by atoms with Gasteiger partial charge in [0.25, 0.3) is 0 Å². The Morgan fingerprint density at radius 3 is 3.00 bits per heavy atom. The molecule has 2 atom stereocenters. The molecule has 1 aromatic heterocycles. The van der Waals surface area contributed by atoms with Crippen LogP contribution in [0.2, 0.25) is 0 Å². The van der Waals surface area contributed by atoms with Crippen molar-refractivity contribution in [3.8, 4) is 0 Å². The average Bonchev–Trinajstić information content (AvgIpc) is 2.71. The van der Waals surface area contributed by atoms with Crippen LogP contribution in [0.25, 0.3) is 0 Å². The first-order chi connectivity index (χ1) is 6.31. The summed E-state index contributed by atoms with van der Waals surface area (Å²) in [6, 6.07) is 2.77. The molecule has 0 aromatic carbocycles. The van der Waals surface area contributed by atoms with Crippen LogP contribution < -0.4 is 5.32 Å².